The van der Waals surface area contributed by atoms with E-state index in [1.807, 2.05) is 0 Å². The molecule has 0 unspecified atom stereocenters. The van der Waals surface area contributed by atoms with Crippen LogP contribution in [0.4, 0.5) is 27.5 Å². The number of hydrogen-bond acceptors (Lipinski definition) is 3. The van der Waals surface area contributed by atoms with Crippen LogP contribution in [0.3, 0.4) is 0 Å². The number of carbonyl (C=O) groups is 1. The first-order valence-electron chi connectivity index (χ1n) is 5.69. The molecular weight excluding hydrogens is 256 g/mol. The van der Waals surface area contributed by atoms with Crippen LogP contribution in [0.25, 0.3) is 11.1 Å². The highest BCUT2D eigenvalue weighted by atomic mass is 16.2. The molecule has 20 heavy (non-hydrogen) atoms. The molecular formula is C13H10N6O-2. The monoisotopic (exact) mass is 266 g/mol. The Kier molecular flexibility index (Phi) is 4.13. The third-order valence-corrected chi connectivity index (χ3v) is 2.44. The molecule has 2 amide bonds. The van der Waals surface area contributed by atoms with Crippen LogP contribution in [0.1, 0.15) is 0 Å². The Morgan fingerprint density at radius 1 is 0.850 bits per heavy atom. The van der Waals surface area contributed by atoms with Crippen molar-refractivity contribution in [1.82, 2.24) is 0 Å². The van der Waals surface area contributed by atoms with E-state index in [2.05, 4.69) is 20.9 Å². The summed E-state index contributed by atoms with van der Waals surface area (Å²) in [5, 5.41) is 11.2. The lowest BCUT2D eigenvalue weighted by molar-refractivity contribution is 0.262. The highest BCUT2D eigenvalue weighted by Gasteiger charge is 2.03. The van der Waals surface area contributed by atoms with Crippen molar-refractivity contribution in [3.63, 3.8) is 0 Å². The largest absolute Gasteiger partial charge is 0.706 e. The fraction of sp³-hybridized carbons (Fsp3) is 0. The molecule has 7 heteroatoms. The average Bonchev–Trinajstić information content (AvgIpc) is 2.47. The van der Waals surface area contributed by atoms with E-state index in [0.717, 1.165) is 0 Å². The molecule has 0 atom stereocenters. The van der Waals surface area contributed by atoms with Gasteiger partial charge in [0.25, 0.3) is 0 Å². The molecule has 0 aromatic heterocycles. The van der Waals surface area contributed by atoms with Gasteiger partial charge in [0.2, 0.25) is 0 Å². The van der Waals surface area contributed by atoms with Crippen LogP contribution >= 0.6 is 0 Å². The van der Waals surface area contributed by atoms with E-state index in [1.165, 1.54) is 12.1 Å². The second-order valence-corrected chi connectivity index (χ2v) is 3.88. The summed E-state index contributed by atoms with van der Waals surface area (Å²) < 4.78 is 0. The molecule has 0 aliphatic carbocycles. The summed E-state index contributed by atoms with van der Waals surface area (Å²) in [6.07, 6.45) is 0. The number of anilines is 2. The van der Waals surface area contributed by atoms with Crippen molar-refractivity contribution in [1.29, 1.82) is 0 Å². The van der Waals surface area contributed by atoms with Crippen molar-refractivity contribution in [3.05, 3.63) is 59.6 Å². The van der Waals surface area contributed by atoms with Crippen LogP contribution < -0.4 is 10.6 Å². The van der Waals surface area contributed by atoms with Crippen molar-refractivity contribution in [3.8, 4) is 0 Å². The van der Waals surface area contributed by atoms with Crippen molar-refractivity contribution in [2.75, 3.05) is 10.6 Å². The predicted molar refractivity (Wildman–Crippen MR) is 76.4 cm³/mol. The topological polar surface area (TPSA) is 110 Å². The van der Waals surface area contributed by atoms with Crippen molar-refractivity contribution in [2.24, 2.45) is 10.2 Å². The Morgan fingerprint density at radius 3 is 1.70 bits per heavy atom. The summed E-state index contributed by atoms with van der Waals surface area (Å²) in [4.78, 5) is 11.8. The third-order valence-electron chi connectivity index (χ3n) is 2.44. The molecule has 2 N–H and O–H groups in total. The van der Waals surface area contributed by atoms with Crippen LogP contribution in [0.5, 0.6) is 0 Å². The molecule has 0 spiro atoms. The van der Waals surface area contributed by atoms with E-state index in [0.29, 0.717) is 22.7 Å². The van der Waals surface area contributed by atoms with Crippen molar-refractivity contribution >= 4 is 28.8 Å². The summed E-state index contributed by atoms with van der Waals surface area (Å²) in [7, 11) is 0. The summed E-state index contributed by atoms with van der Waals surface area (Å²) in [5.74, 6) is 0. The van der Waals surface area contributed by atoms with Gasteiger partial charge in [0.05, 0.1) is 0 Å². The summed E-state index contributed by atoms with van der Waals surface area (Å²) in [5.41, 5.74) is 19.0. The Bertz CT molecular complexity index is 599. The van der Waals surface area contributed by atoms with Gasteiger partial charge in [-0.25, -0.2) is 4.79 Å². The SMILES string of the molecule is [N-]=Nc1cccc(NC(=O)Nc2cccc(N=[N-])c2)c1. The fourth-order valence-corrected chi connectivity index (χ4v) is 1.59. The Balaban J connectivity index is 2.04. The first kappa shape index (κ1) is 13.3. The van der Waals surface area contributed by atoms with Gasteiger partial charge in [0.15, 0.2) is 0 Å². The molecule has 0 fully saturated rings. The van der Waals surface area contributed by atoms with Gasteiger partial charge in [-0.1, -0.05) is 12.1 Å². The van der Waals surface area contributed by atoms with E-state index in [-0.39, 0.29) is 0 Å². The van der Waals surface area contributed by atoms with Crippen LogP contribution in [-0.2, 0) is 0 Å². The molecule has 2 aromatic rings. The van der Waals surface area contributed by atoms with Gasteiger partial charge < -0.3 is 31.9 Å². The number of nitrogens with one attached hydrogen (secondary N) is 2. The minimum atomic E-state index is -0.463. The molecule has 2 rings (SSSR count). The smallest absolute Gasteiger partial charge is 0.323 e. The number of rotatable bonds is 4. The zero-order valence-electron chi connectivity index (χ0n) is 10.3. The maximum atomic E-state index is 11.8. The quantitative estimate of drug-likeness (QED) is 0.772. The van der Waals surface area contributed by atoms with Gasteiger partial charge in [-0.3, -0.25) is 0 Å². The van der Waals surface area contributed by atoms with Gasteiger partial charge in [-0.2, -0.15) is 0 Å². The number of nitrogens with zero attached hydrogens (tertiary/aromatic N) is 4. The Morgan fingerprint density at radius 2 is 1.30 bits per heavy atom. The molecule has 0 saturated carbocycles. The highest BCUT2D eigenvalue weighted by Crippen LogP contribution is 2.19. The molecule has 0 aliphatic heterocycles. The highest BCUT2D eigenvalue weighted by molar-refractivity contribution is 6.00. The summed E-state index contributed by atoms with van der Waals surface area (Å²) >= 11 is 0. The van der Waals surface area contributed by atoms with Crippen LogP contribution in [0.15, 0.2) is 58.8 Å². The third kappa shape index (κ3) is 3.45. The Labute approximate surface area is 115 Å². The summed E-state index contributed by atoms with van der Waals surface area (Å²) in [6.45, 7) is 0. The first-order chi connectivity index (χ1) is 9.71. The van der Waals surface area contributed by atoms with E-state index in [9.17, 15) is 4.79 Å². The molecule has 0 heterocycles. The number of urea groups is 1. The van der Waals surface area contributed by atoms with Crippen LogP contribution in [-0.4, -0.2) is 6.03 Å². The van der Waals surface area contributed by atoms with E-state index < -0.39 is 6.03 Å². The standard InChI is InChI=1S/C13H10N6O/c14-18-11-5-1-3-9(7-11)16-13(20)17-10-4-2-6-12(8-10)19-15/h1-8H,(H2,16,17,20)/q-2. The maximum Gasteiger partial charge on any atom is 0.323 e. The molecule has 0 saturated heterocycles. The van der Waals surface area contributed by atoms with Gasteiger partial charge in [0.1, 0.15) is 0 Å². The number of benzene rings is 2. The lowest BCUT2D eigenvalue weighted by atomic mass is 10.3. The molecule has 2 aromatic carbocycles. The minimum absolute atomic E-state index is 0.337. The maximum absolute atomic E-state index is 11.8. The lowest BCUT2D eigenvalue weighted by Crippen LogP contribution is -2.19. The van der Waals surface area contributed by atoms with Crippen LogP contribution in [0.2, 0.25) is 0 Å². The fourth-order valence-electron chi connectivity index (χ4n) is 1.59. The van der Waals surface area contributed by atoms with Crippen molar-refractivity contribution < 1.29 is 4.79 Å². The molecule has 0 radical (unpaired) electrons. The minimum Gasteiger partial charge on any atom is -0.706 e. The first-order valence-corrected chi connectivity index (χ1v) is 5.69. The zero-order valence-corrected chi connectivity index (χ0v) is 10.3. The lowest BCUT2D eigenvalue weighted by Gasteiger charge is -2.09. The van der Waals surface area contributed by atoms with Gasteiger partial charge in [-0.05, 0) is 36.4 Å². The van der Waals surface area contributed by atoms with E-state index >= 15 is 0 Å². The van der Waals surface area contributed by atoms with Gasteiger partial charge >= 0.3 is 6.03 Å². The van der Waals surface area contributed by atoms with Gasteiger partial charge in [0, 0.05) is 22.7 Å². The van der Waals surface area contributed by atoms with Crippen molar-refractivity contribution in [2.45, 2.75) is 0 Å². The normalized spacial score (nSPS) is 9.60. The Hall–Kier alpha value is -3.09. The molecule has 7 nitrogen and oxygen atoms in total. The number of amides is 2. The van der Waals surface area contributed by atoms with Gasteiger partial charge in [-0.15, -0.1) is 0 Å². The molecule has 0 bridgehead atoms. The number of hydrogen-bond donors (Lipinski definition) is 2. The molecule has 100 valence electrons. The molecule has 0 aliphatic rings. The van der Waals surface area contributed by atoms with E-state index in [1.54, 1.807) is 36.4 Å². The zero-order chi connectivity index (χ0) is 14.4. The number of carbonyl (C=O) groups excluding carboxylic acids is 1. The van der Waals surface area contributed by atoms with E-state index in [4.69, 9.17) is 11.1 Å². The second kappa shape index (κ2) is 6.19. The predicted octanol–water partition coefficient (Wildman–Crippen LogP) is 4.64. The average molecular weight is 266 g/mol. The summed E-state index contributed by atoms with van der Waals surface area (Å²) in [6, 6.07) is 12.4. The second-order valence-electron chi connectivity index (χ2n) is 3.88. The van der Waals surface area contributed by atoms with Crippen LogP contribution in [0, 0.1) is 0 Å².